The highest BCUT2D eigenvalue weighted by Gasteiger charge is 2.43. The van der Waals surface area contributed by atoms with Gasteiger partial charge in [0, 0.05) is 45.1 Å². The van der Waals surface area contributed by atoms with Crippen LogP contribution in [0, 0.1) is 5.92 Å². The Bertz CT molecular complexity index is 1070. The number of rotatable bonds is 8. The van der Waals surface area contributed by atoms with Crippen LogP contribution >= 0.6 is 0 Å². The summed E-state index contributed by atoms with van der Waals surface area (Å²) in [7, 11) is 0. The maximum atomic E-state index is 13.6. The fraction of sp³-hybridized carbons (Fsp3) is 0.370. The molecular formula is C27H33N5O. The molecule has 1 amide bonds. The van der Waals surface area contributed by atoms with E-state index in [-0.39, 0.29) is 5.91 Å². The summed E-state index contributed by atoms with van der Waals surface area (Å²) in [5, 5.41) is 6.55. The van der Waals surface area contributed by atoms with E-state index in [4.69, 9.17) is 4.98 Å². The summed E-state index contributed by atoms with van der Waals surface area (Å²) in [5.41, 5.74) is 3.42. The molecule has 1 aliphatic heterocycles. The first-order chi connectivity index (χ1) is 15.9. The van der Waals surface area contributed by atoms with E-state index in [2.05, 4.69) is 64.7 Å². The number of pyridine rings is 2. The largest absolute Gasteiger partial charge is 0.370 e. The average molecular weight is 444 g/mol. The SMILES string of the molecule is CC(C)CNc1ccc2c(n1)C(C)(C(=O)NCc1cccnc1)CN(Cc1ccccc1)C2. The van der Waals surface area contributed by atoms with Gasteiger partial charge in [-0.05, 0) is 41.7 Å². The molecule has 1 aromatic carbocycles. The molecule has 0 radical (unpaired) electrons. The number of nitrogens with zero attached hydrogens (tertiary/aromatic N) is 3. The van der Waals surface area contributed by atoms with E-state index < -0.39 is 5.41 Å². The van der Waals surface area contributed by atoms with Crippen molar-refractivity contribution >= 4 is 11.7 Å². The van der Waals surface area contributed by atoms with Crippen molar-refractivity contribution in [1.82, 2.24) is 20.2 Å². The molecule has 0 saturated carbocycles. The Morgan fingerprint density at radius 1 is 1.09 bits per heavy atom. The summed E-state index contributed by atoms with van der Waals surface area (Å²) in [5.74, 6) is 1.32. The molecule has 3 aromatic rings. The van der Waals surface area contributed by atoms with E-state index in [9.17, 15) is 4.79 Å². The van der Waals surface area contributed by atoms with Crippen molar-refractivity contribution in [3.8, 4) is 0 Å². The number of aromatic nitrogens is 2. The van der Waals surface area contributed by atoms with Crippen molar-refractivity contribution in [1.29, 1.82) is 0 Å². The van der Waals surface area contributed by atoms with Crippen molar-refractivity contribution in [3.05, 3.63) is 89.4 Å². The number of fused-ring (bicyclic) bond motifs is 1. The summed E-state index contributed by atoms with van der Waals surface area (Å²) in [6.07, 6.45) is 3.52. The van der Waals surface area contributed by atoms with Gasteiger partial charge < -0.3 is 10.6 Å². The van der Waals surface area contributed by atoms with E-state index in [0.29, 0.717) is 19.0 Å². The van der Waals surface area contributed by atoms with Gasteiger partial charge in [0.05, 0.1) is 5.69 Å². The van der Waals surface area contributed by atoms with Crippen LogP contribution < -0.4 is 10.6 Å². The van der Waals surface area contributed by atoms with Gasteiger partial charge in [0.1, 0.15) is 11.2 Å². The quantitative estimate of drug-likeness (QED) is 0.548. The summed E-state index contributed by atoms with van der Waals surface area (Å²) in [4.78, 5) is 25.0. The van der Waals surface area contributed by atoms with Gasteiger partial charge in [-0.15, -0.1) is 0 Å². The molecule has 0 saturated heterocycles. The summed E-state index contributed by atoms with van der Waals surface area (Å²) < 4.78 is 0. The predicted molar refractivity (Wildman–Crippen MR) is 132 cm³/mol. The molecule has 0 bridgehead atoms. The Kier molecular flexibility index (Phi) is 7.04. The van der Waals surface area contributed by atoms with Gasteiger partial charge in [-0.1, -0.05) is 56.3 Å². The number of nitrogens with one attached hydrogen (secondary N) is 2. The summed E-state index contributed by atoms with van der Waals surface area (Å²) in [6, 6.07) is 18.4. The van der Waals surface area contributed by atoms with Gasteiger partial charge in [-0.25, -0.2) is 4.98 Å². The monoisotopic (exact) mass is 443 g/mol. The Balaban J connectivity index is 1.61. The maximum absolute atomic E-state index is 13.6. The lowest BCUT2D eigenvalue weighted by molar-refractivity contribution is -0.128. The van der Waals surface area contributed by atoms with Gasteiger partial charge in [-0.2, -0.15) is 0 Å². The number of anilines is 1. The molecule has 33 heavy (non-hydrogen) atoms. The highest BCUT2D eigenvalue weighted by Crippen LogP contribution is 2.34. The zero-order chi connectivity index (χ0) is 23.3. The first-order valence-corrected chi connectivity index (χ1v) is 11.6. The Morgan fingerprint density at radius 2 is 1.88 bits per heavy atom. The molecule has 172 valence electrons. The van der Waals surface area contributed by atoms with E-state index in [1.165, 1.54) is 5.56 Å². The zero-order valence-electron chi connectivity index (χ0n) is 19.7. The first-order valence-electron chi connectivity index (χ1n) is 11.6. The van der Waals surface area contributed by atoms with Crippen LogP contribution in [0.3, 0.4) is 0 Å². The second-order valence-corrected chi connectivity index (χ2v) is 9.49. The molecule has 6 heteroatoms. The highest BCUT2D eigenvalue weighted by molar-refractivity contribution is 5.88. The van der Waals surface area contributed by atoms with E-state index >= 15 is 0 Å². The van der Waals surface area contributed by atoms with Crippen LogP contribution in [0.1, 0.15) is 43.2 Å². The molecular weight excluding hydrogens is 410 g/mol. The molecule has 1 atom stereocenters. The average Bonchev–Trinajstić information content (AvgIpc) is 2.82. The van der Waals surface area contributed by atoms with Crippen molar-refractivity contribution < 1.29 is 4.79 Å². The Labute approximate surface area is 196 Å². The molecule has 2 aromatic heterocycles. The smallest absolute Gasteiger partial charge is 0.233 e. The second-order valence-electron chi connectivity index (χ2n) is 9.49. The summed E-state index contributed by atoms with van der Waals surface area (Å²) >= 11 is 0. The third-order valence-corrected chi connectivity index (χ3v) is 6.05. The van der Waals surface area contributed by atoms with Crippen LogP contribution in [0.5, 0.6) is 0 Å². The third-order valence-electron chi connectivity index (χ3n) is 6.05. The lowest BCUT2D eigenvalue weighted by Crippen LogP contribution is -2.53. The van der Waals surface area contributed by atoms with Crippen molar-refractivity contribution in [2.75, 3.05) is 18.4 Å². The standard InChI is InChI=1S/C27H33N5O/c1-20(2)14-29-24-12-11-23-18-32(17-21-8-5-4-6-9-21)19-27(3,25(23)31-24)26(33)30-16-22-10-7-13-28-15-22/h4-13,15,20H,14,16-19H2,1-3H3,(H,29,31)(H,30,33). The minimum absolute atomic E-state index is 0.0149. The van der Waals surface area contributed by atoms with Crippen LogP contribution in [-0.4, -0.2) is 33.9 Å². The predicted octanol–water partition coefficient (Wildman–Crippen LogP) is 4.13. The van der Waals surface area contributed by atoms with Crippen molar-refractivity contribution in [2.24, 2.45) is 5.92 Å². The van der Waals surface area contributed by atoms with Gasteiger partial charge in [0.25, 0.3) is 0 Å². The van der Waals surface area contributed by atoms with Gasteiger partial charge in [0.2, 0.25) is 5.91 Å². The number of carbonyl (C=O) groups is 1. The number of amides is 1. The van der Waals surface area contributed by atoms with Crippen LogP contribution in [0.2, 0.25) is 0 Å². The normalized spacial score (nSPS) is 18.1. The molecule has 6 nitrogen and oxygen atoms in total. The topological polar surface area (TPSA) is 70.1 Å². The Morgan fingerprint density at radius 3 is 2.61 bits per heavy atom. The molecule has 0 fully saturated rings. The molecule has 0 aliphatic carbocycles. The summed E-state index contributed by atoms with van der Waals surface area (Å²) in [6.45, 7) is 9.81. The van der Waals surface area contributed by atoms with Crippen LogP contribution in [0.4, 0.5) is 5.82 Å². The zero-order valence-corrected chi connectivity index (χ0v) is 19.7. The minimum Gasteiger partial charge on any atom is -0.370 e. The van der Waals surface area contributed by atoms with Gasteiger partial charge in [-0.3, -0.25) is 14.7 Å². The van der Waals surface area contributed by atoms with Crippen molar-refractivity contribution in [3.63, 3.8) is 0 Å². The molecule has 4 rings (SSSR count). The Hall–Kier alpha value is -3.25. The second kappa shape index (κ2) is 10.1. The fourth-order valence-corrected chi connectivity index (χ4v) is 4.33. The lowest BCUT2D eigenvalue weighted by Gasteiger charge is -2.40. The number of hydrogen-bond donors (Lipinski definition) is 2. The molecule has 1 aliphatic rings. The number of benzene rings is 1. The molecule has 2 N–H and O–H groups in total. The third kappa shape index (κ3) is 5.57. The highest BCUT2D eigenvalue weighted by atomic mass is 16.2. The van der Waals surface area contributed by atoms with E-state index in [1.54, 1.807) is 12.4 Å². The first kappa shape index (κ1) is 22.9. The number of carbonyl (C=O) groups excluding carboxylic acids is 1. The van der Waals surface area contributed by atoms with Crippen LogP contribution in [0.15, 0.2) is 67.0 Å². The maximum Gasteiger partial charge on any atom is 0.233 e. The molecule has 0 spiro atoms. The van der Waals surface area contributed by atoms with Crippen LogP contribution in [0.25, 0.3) is 0 Å². The van der Waals surface area contributed by atoms with Gasteiger partial charge >= 0.3 is 0 Å². The fourth-order valence-electron chi connectivity index (χ4n) is 4.33. The molecule has 3 heterocycles. The van der Waals surface area contributed by atoms with Crippen LogP contribution in [-0.2, 0) is 29.8 Å². The lowest BCUT2D eigenvalue weighted by atomic mass is 9.79. The van der Waals surface area contributed by atoms with Gasteiger partial charge in [0.15, 0.2) is 0 Å². The van der Waals surface area contributed by atoms with E-state index in [1.807, 2.05) is 31.2 Å². The molecule has 1 unspecified atom stereocenters. The minimum atomic E-state index is -0.764. The van der Waals surface area contributed by atoms with Crippen molar-refractivity contribution in [2.45, 2.75) is 45.8 Å². The number of hydrogen-bond acceptors (Lipinski definition) is 5. The van der Waals surface area contributed by atoms with E-state index in [0.717, 1.165) is 42.3 Å².